The van der Waals surface area contributed by atoms with E-state index < -0.39 is 9.84 Å². The van der Waals surface area contributed by atoms with Crippen LogP contribution in [0, 0.1) is 25.7 Å². The highest BCUT2D eigenvalue weighted by atomic mass is 32.2. The number of nitrogens with two attached hydrogens (primary N) is 1. The van der Waals surface area contributed by atoms with E-state index in [1.807, 2.05) is 30.3 Å². The summed E-state index contributed by atoms with van der Waals surface area (Å²) in [6, 6.07) is 20.3. The highest BCUT2D eigenvalue weighted by Gasteiger charge is 2.25. The van der Waals surface area contributed by atoms with Crippen LogP contribution >= 0.6 is 11.3 Å². The number of ether oxygens (including phenoxy) is 2. The van der Waals surface area contributed by atoms with E-state index in [2.05, 4.69) is 56.0 Å². The van der Waals surface area contributed by atoms with E-state index in [-0.39, 0.29) is 35.9 Å². The van der Waals surface area contributed by atoms with E-state index in [1.54, 1.807) is 18.3 Å². The topological polar surface area (TPSA) is 95.7 Å². The molecule has 1 aliphatic rings. The molecular weight excluding hydrogens is 567 g/mol. The third kappa shape index (κ3) is 6.97. The average molecular weight is 602 g/mol. The molecule has 0 radical (unpaired) electrons. The number of hydrogen-bond donors (Lipinski definition) is 1. The van der Waals surface area contributed by atoms with Gasteiger partial charge in [0.25, 0.3) is 0 Å². The maximum atomic E-state index is 11.8. The summed E-state index contributed by atoms with van der Waals surface area (Å²) >= 11 is 1.78. The van der Waals surface area contributed by atoms with Crippen molar-refractivity contribution in [3.05, 3.63) is 82.2 Å². The number of fused-ring (bicyclic) bond motifs is 1. The Morgan fingerprint density at radius 3 is 2.40 bits per heavy atom. The second-order valence-corrected chi connectivity index (χ2v) is 14.3. The third-order valence-corrected chi connectivity index (χ3v) is 10.4. The molecule has 1 amide bonds. The van der Waals surface area contributed by atoms with Gasteiger partial charge in [-0.1, -0.05) is 30.2 Å². The number of hydrogen-bond acceptors (Lipinski definition) is 6. The van der Waals surface area contributed by atoms with Gasteiger partial charge in [-0.05, 0) is 92.3 Å². The van der Waals surface area contributed by atoms with Crippen LogP contribution in [0.2, 0.25) is 0 Å². The third-order valence-electron chi connectivity index (χ3n) is 7.61. The summed E-state index contributed by atoms with van der Waals surface area (Å²) in [7, 11) is -2.92. The zero-order valence-corrected chi connectivity index (χ0v) is 25.7. The summed E-state index contributed by atoms with van der Waals surface area (Å²) in [6.45, 7) is 6.42. The van der Waals surface area contributed by atoms with Crippen LogP contribution in [0.3, 0.4) is 0 Å². The molecule has 0 aliphatic carbocycles. The van der Waals surface area contributed by atoms with Gasteiger partial charge in [0.1, 0.15) is 24.2 Å². The number of aryl methyl sites for hydroxylation is 2. The number of primary amides is 1. The maximum Gasteiger partial charge on any atom is 0.219 e. The number of thiophene rings is 1. The van der Waals surface area contributed by atoms with Crippen LogP contribution in [0.4, 0.5) is 0 Å². The fourth-order valence-corrected chi connectivity index (χ4v) is 7.96. The average Bonchev–Trinajstić information content (AvgIpc) is 3.28. The normalized spacial score (nSPS) is 15.5. The zero-order valence-electron chi connectivity index (χ0n) is 24.1. The monoisotopic (exact) mass is 601 g/mol. The predicted molar refractivity (Wildman–Crippen MR) is 170 cm³/mol. The largest absolute Gasteiger partial charge is 0.490 e. The number of sulfone groups is 1. The van der Waals surface area contributed by atoms with Gasteiger partial charge in [0.2, 0.25) is 5.91 Å². The van der Waals surface area contributed by atoms with Crippen molar-refractivity contribution in [2.75, 3.05) is 11.5 Å². The molecule has 0 saturated carbocycles. The second-order valence-electron chi connectivity index (χ2n) is 10.8. The summed E-state index contributed by atoms with van der Waals surface area (Å²) < 4.78 is 37.0. The Labute approximate surface area is 251 Å². The summed E-state index contributed by atoms with van der Waals surface area (Å²) in [5.41, 5.74) is 10.9. The van der Waals surface area contributed by atoms with Gasteiger partial charge < -0.3 is 15.2 Å². The Bertz CT molecular complexity index is 1760. The van der Waals surface area contributed by atoms with Crippen molar-refractivity contribution >= 4 is 37.2 Å². The Balaban J connectivity index is 1.31. The van der Waals surface area contributed by atoms with Gasteiger partial charge >= 0.3 is 0 Å². The lowest BCUT2D eigenvalue weighted by Crippen LogP contribution is -2.30. The molecule has 5 rings (SSSR count). The maximum absolute atomic E-state index is 11.8. The van der Waals surface area contributed by atoms with E-state index in [0.717, 1.165) is 33.8 Å². The molecular formula is C34H35NO5S2. The van der Waals surface area contributed by atoms with Gasteiger partial charge in [-0.25, -0.2) is 8.42 Å². The molecule has 3 aromatic carbocycles. The number of rotatable bonds is 9. The van der Waals surface area contributed by atoms with Crippen LogP contribution in [0.5, 0.6) is 11.5 Å². The van der Waals surface area contributed by atoms with E-state index in [4.69, 9.17) is 15.2 Å². The number of amides is 1. The SMILES string of the molecule is CC#C[C@@H](CC(N)=O)c1ccc(OCc2ccc3sc(C)c(-c4ccc(OC5CCS(=O)(=O)CC5)cc4C)c3c2)cc1. The molecule has 1 aliphatic heterocycles. The summed E-state index contributed by atoms with van der Waals surface area (Å²) in [5, 5.41) is 1.19. The first-order valence-corrected chi connectivity index (χ1v) is 16.7. The lowest BCUT2D eigenvalue weighted by Gasteiger charge is -2.23. The fourth-order valence-electron chi connectivity index (χ4n) is 5.45. The van der Waals surface area contributed by atoms with Crippen molar-refractivity contribution in [3.8, 4) is 34.5 Å². The molecule has 0 spiro atoms. The molecule has 1 aromatic heterocycles. The Hall–Kier alpha value is -3.80. The fraction of sp³-hybridized carbons (Fsp3) is 0.324. The van der Waals surface area contributed by atoms with Crippen LogP contribution in [-0.2, 0) is 21.2 Å². The second kappa shape index (κ2) is 12.6. The number of benzene rings is 3. The molecule has 6 nitrogen and oxygen atoms in total. The van der Waals surface area contributed by atoms with E-state index in [9.17, 15) is 13.2 Å². The van der Waals surface area contributed by atoms with Gasteiger partial charge in [-0.3, -0.25) is 4.79 Å². The summed E-state index contributed by atoms with van der Waals surface area (Å²) in [5.74, 6) is 7.24. The first kappa shape index (κ1) is 29.7. The van der Waals surface area contributed by atoms with Gasteiger partial charge in [0.15, 0.2) is 9.84 Å². The van der Waals surface area contributed by atoms with Gasteiger partial charge in [0.05, 0.1) is 17.4 Å². The van der Waals surface area contributed by atoms with E-state index in [0.29, 0.717) is 19.4 Å². The Kier molecular flexibility index (Phi) is 8.91. The van der Waals surface area contributed by atoms with Crippen LogP contribution in [0.25, 0.3) is 21.2 Å². The van der Waals surface area contributed by atoms with Gasteiger partial charge in [0, 0.05) is 26.9 Å². The van der Waals surface area contributed by atoms with Crippen LogP contribution in [0.15, 0.2) is 60.7 Å². The van der Waals surface area contributed by atoms with Crippen molar-refractivity contribution in [2.24, 2.45) is 5.73 Å². The van der Waals surface area contributed by atoms with Crippen LogP contribution < -0.4 is 15.2 Å². The smallest absolute Gasteiger partial charge is 0.219 e. The van der Waals surface area contributed by atoms with Crippen molar-refractivity contribution in [1.29, 1.82) is 0 Å². The van der Waals surface area contributed by atoms with E-state index >= 15 is 0 Å². The molecule has 1 saturated heterocycles. The van der Waals surface area contributed by atoms with E-state index in [1.165, 1.54) is 20.5 Å². The van der Waals surface area contributed by atoms with Crippen molar-refractivity contribution in [1.82, 2.24) is 0 Å². The summed E-state index contributed by atoms with van der Waals surface area (Å²) in [6.07, 6.45) is 1.19. The molecule has 0 unspecified atom stereocenters. The molecule has 1 atom stereocenters. The first-order chi connectivity index (χ1) is 20.1. The number of carbonyl (C=O) groups is 1. The minimum absolute atomic E-state index is 0.0668. The molecule has 8 heteroatoms. The summed E-state index contributed by atoms with van der Waals surface area (Å²) in [4.78, 5) is 12.7. The van der Waals surface area contributed by atoms with Crippen LogP contribution in [0.1, 0.15) is 53.7 Å². The Morgan fingerprint density at radius 1 is 1.02 bits per heavy atom. The molecule has 1 fully saturated rings. The molecule has 42 heavy (non-hydrogen) atoms. The van der Waals surface area contributed by atoms with Crippen molar-refractivity contribution in [3.63, 3.8) is 0 Å². The molecule has 0 bridgehead atoms. The standard InChI is InChI=1S/C34H35NO5S2/c1-4-5-26(20-33(35)36)25-7-9-27(10-8-25)39-21-24-6-13-32-31(19-24)34(23(3)41-32)30-12-11-29(18-22(30)2)40-28-14-16-42(37,38)17-15-28/h6-13,18-19,26,28H,14-17,20-21H2,1-3H3,(H2,35,36)/t26-/m0/s1. The van der Waals surface area contributed by atoms with Crippen molar-refractivity contribution < 1.29 is 22.7 Å². The van der Waals surface area contributed by atoms with Gasteiger partial charge in [-0.2, -0.15) is 0 Å². The first-order valence-electron chi connectivity index (χ1n) is 14.1. The Morgan fingerprint density at radius 2 is 1.74 bits per heavy atom. The minimum atomic E-state index is -2.92. The zero-order chi connectivity index (χ0) is 29.9. The quantitative estimate of drug-likeness (QED) is 0.215. The molecule has 2 heterocycles. The molecule has 4 aromatic rings. The van der Waals surface area contributed by atoms with Crippen molar-refractivity contribution in [2.45, 2.75) is 58.7 Å². The highest BCUT2D eigenvalue weighted by molar-refractivity contribution is 7.91. The molecule has 2 N–H and O–H groups in total. The predicted octanol–water partition coefficient (Wildman–Crippen LogP) is 6.70. The minimum Gasteiger partial charge on any atom is -0.490 e. The number of carbonyl (C=O) groups excluding carboxylic acids is 1. The highest BCUT2D eigenvalue weighted by Crippen LogP contribution is 2.41. The molecule has 218 valence electrons. The van der Waals surface area contributed by atoms with Crippen LogP contribution in [-0.4, -0.2) is 31.9 Å². The lowest BCUT2D eigenvalue weighted by atomic mass is 9.96. The van der Waals surface area contributed by atoms with Gasteiger partial charge in [-0.15, -0.1) is 17.3 Å². The lowest BCUT2D eigenvalue weighted by molar-refractivity contribution is -0.118.